The maximum Gasteiger partial charge on any atom is 0.472 e. The van der Waals surface area contributed by atoms with E-state index in [-0.39, 0.29) is 19.1 Å². The van der Waals surface area contributed by atoms with Gasteiger partial charge in [0.2, 0.25) is 5.91 Å². The fourth-order valence-electron chi connectivity index (χ4n) is 7.58. The molecule has 3 unspecified atom stereocenters. The molecule has 3 N–H and O–H groups in total. The quantitative estimate of drug-likeness (QED) is 0.0243. The summed E-state index contributed by atoms with van der Waals surface area (Å²) in [5, 5.41) is 13.9. The third kappa shape index (κ3) is 61.1. The highest BCUT2D eigenvalue weighted by Gasteiger charge is 2.27. The molecule has 0 aromatic carbocycles. The maximum atomic E-state index is 13.0. The first-order valence-electron chi connectivity index (χ1n) is 30.7. The van der Waals surface area contributed by atoms with Gasteiger partial charge in [-0.05, 0) is 135 Å². The SMILES string of the molecule is CC/C=C\C/C=C\C/C=C\C/C=C\C/C=C\C/C=C\C/C=C\C/C=C\C/C=C\C/C=C\C/C=C\C/C=C\CCCCCCC(=O)NC(COP(=O)(O)OCC[N+](C)(C)C)C(O)/C=C/CC/C=C/CC/C=C/CCCCCCCC. The Morgan fingerprint density at radius 3 is 1.16 bits per heavy atom. The van der Waals surface area contributed by atoms with Crippen LogP contribution in [0.25, 0.3) is 0 Å². The van der Waals surface area contributed by atoms with Gasteiger partial charge in [0.05, 0.1) is 39.9 Å². The number of hydrogen-bond donors (Lipinski definition) is 3. The number of hydrogen-bond acceptors (Lipinski definition) is 5. The molecular formula is C70H114N2O6P+. The van der Waals surface area contributed by atoms with Gasteiger partial charge in [-0.2, -0.15) is 0 Å². The Labute approximate surface area is 485 Å². The fraction of sp³-hybridized carbons (Fsp3) is 0.557. The topological polar surface area (TPSA) is 105 Å². The van der Waals surface area contributed by atoms with Gasteiger partial charge >= 0.3 is 7.82 Å². The van der Waals surface area contributed by atoms with E-state index in [1.807, 2.05) is 27.2 Å². The number of aliphatic hydroxyl groups excluding tert-OH is 1. The summed E-state index contributed by atoms with van der Waals surface area (Å²) in [6, 6.07) is -0.898. The summed E-state index contributed by atoms with van der Waals surface area (Å²) < 4.78 is 23.6. The summed E-state index contributed by atoms with van der Waals surface area (Å²) in [7, 11) is 1.50. The Morgan fingerprint density at radius 1 is 0.443 bits per heavy atom. The van der Waals surface area contributed by atoms with Crippen LogP contribution in [0.3, 0.4) is 0 Å². The highest BCUT2D eigenvalue weighted by atomic mass is 31.2. The first-order chi connectivity index (χ1) is 38.5. The number of carbonyl (C=O) groups is 1. The van der Waals surface area contributed by atoms with Gasteiger partial charge in [-0.1, -0.05) is 241 Å². The van der Waals surface area contributed by atoms with E-state index in [1.54, 1.807) is 6.08 Å². The number of aliphatic hydroxyl groups is 1. The number of quaternary nitrogens is 1. The molecule has 0 aliphatic rings. The van der Waals surface area contributed by atoms with Gasteiger partial charge in [-0.15, -0.1) is 0 Å². The van der Waals surface area contributed by atoms with Crippen molar-refractivity contribution in [1.82, 2.24) is 5.32 Å². The molecule has 0 aromatic rings. The molecule has 0 aliphatic heterocycles. The monoisotopic (exact) mass is 1110 g/mol. The van der Waals surface area contributed by atoms with Crippen LogP contribution >= 0.6 is 7.82 Å². The second-order valence-corrected chi connectivity index (χ2v) is 22.4. The molecule has 0 bridgehead atoms. The average Bonchev–Trinajstić information content (AvgIpc) is 3.42. The second-order valence-electron chi connectivity index (χ2n) is 21.0. The van der Waals surface area contributed by atoms with Gasteiger partial charge in [0.1, 0.15) is 13.2 Å². The smallest absolute Gasteiger partial charge is 0.387 e. The molecular weight excluding hydrogens is 996 g/mol. The number of nitrogens with zero attached hydrogens (tertiary/aromatic N) is 1. The van der Waals surface area contributed by atoms with Crippen molar-refractivity contribution < 1.29 is 32.9 Å². The van der Waals surface area contributed by atoms with E-state index in [1.165, 1.54) is 44.9 Å². The van der Waals surface area contributed by atoms with Crippen molar-refractivity contribution in [2.45, 2.75) is 212 Å². The molecule has 3 atom stereocenters. The number of rotatable bonds is 53. The third-order valence-corrected chi connectivity index (χ3v) is 13.3. The Hall–Kier alpha value is -4.40. The summed E-state index contributed by atoms with van der Waals surface area (Å²) in [4.78, 5) is 23.3. The summed E-state index contributed by atoms with van der Waals surface area (Å²) in [5.41, 5.74) is 0. The molecule has 0 heterocycles. The molecule has 0 aliphatic carbocycles. The average molecular weight is 1110 g/mol. The van der Waals surface area contributed by atoms with Crippen molar-refractivity contribution in [3.05, 3.63) is 182 Å². The van der Waals surface area contributed by atoms with E-state index in [2.05, 4.69) is 189 Å². The molecule has 0 fully saturated rings. The van der Waals surface area contributed by atoms with Gasteiger partial charge in [0.15, 0.2) is 0 Å². The zero-order chi connectivity index (χ0) is 57.7. The van der Waals surface area contributed by atoms with Crippen LogP contribution < -0.4 is 5.32 Å². The summed E-state index contributed by atoms with van der Waals surface area (Å²) in [6.45, 7) is 4.61. The Morgan fingerprint density at radius 2 is 0.772 bits per heavy atom. The van der Waals surface area contributed by atoms with Gasteiger partial charge in [-0.25, -0.2) is 4.57 Å². The minimum absolute atomic E-state index is 0.0380. The summed E-state index contributed by atoms with van der Waals surface area (Å²) in [5.74, 6) is -0.224. The predicted octanol–water partition coefficient (Wildman–Crippen LogP) is 19.4. The molecule has 79 heavy (non-hydrogen) atoms. The second kappa shape index (κ2) is 58.3. The first kappa shape index (κ1) is 74.6. The number of likely N-dealkylation sites (N-methyl/N-ethyl adjacent to an activating group) is 1. The number of nitrogens with one attached hydrogen (secondary N) is 1. The van der Waals surface area contributed by atoms with Crippen LogP contribution in [0.5, 0.6) is 0 Å². The number of phosphoric ester groups is 1. The number of amides is 1. The number of phosphoric acid groups is 1. The van der Waals surface area contributed by atoms with Gasteiger partial charge in [-0.3, -0.25) is 13.8 Å². The summed E-state index contributed by atoms with van der Waals surface area (Å²) in [6.07, 6.45) is 94.4. The predicted molar refractivity (Wildman–Crippen MR) is 345 cm³/mol. The number of carbonyl (C=O) groups excluding carboxylic acids is 1. The van der Waals surface area contributed by atoms with Crippen molar-refractivity contribution in [2.24, 2.45) is 0 Å². The molecule has 0 rings (SSSR count). The molecule has 0 saturated carbocycles. The molecule has 0 saturated heterocycles. The van der Waals surface area contributed by atoms with Crippen molar-refractivity contribution in [3.63, 3.8) is 0 Å². The first-order valence-corrected chi connectivity index (χ1v) is 32.2. The van der Waals surface area contributed by atoms with Gasteiger partial charge < -0.3 is 19.8 Å². The standard InChI is InChI=1S/C70H113N2O6P/c1-6-8-10-12-14-16-18-20-22-24-25-26-27-28-29-30-31-32-33-34-35-36-37-38-39-40-41-42-43-44-45-46-47-48-50-52-54-56-58-60-62-64-70(74)71-68(67-78-79(75,76)77-66-65-72(3,4)5)69(73)63-61-59-57-55-53-51-49-23-21-19-17-15-13-11-9-7-2/h8,10,14,16,20-23,25-26,28-29,31-32,34-35,37-38,40-41,43-44,46-47,50,52-53,55,61,63,68-69,73H,6-7,9,11-13,15,17-19,24,27,30,33,36,39,42,45,48-49,51,54,56-60,62,64-67H2,1-5H3,(H-,71,74,75,76)/p+1/b10-8-,16-14-,22-20-,23-21+,26-25-,29-28-,32-31-,35-34-,38-37-,41-40-,44-43-,47-46-,52-50-,55-53+,63-61+. The highest BCUT2D eigenvalue weighted by Crippen LogP contribution is 2.43. The molecule has 8 nitrogen and oxygen atoms in total. The van der Waals surface area contributed by atoms with Gasteiger partial charge in [0.25, 0.3) is 0 Å². The highest BCUT2D eigenvalue weighted by molar-refractivity contribution is 7.47. The lowest BCUT2D eigenvalue weighted by Gasteiger charge is -2.25. The van der Waals surface area contributed by atoms with Crippen molar-refractivity contribution >= 4 is 13.7 Å². The Bertz CT molecular complexity index is 1930. The molecule has 1 amide bonds. The Kier molecular flexibility index (Phi) is 55.0. The normalized spacial score (nSPS) is 15.1. The van der Waals surface area contributed by atoms with Crippen molar-refractivity contribution in [3.8, 4) is 0 Å². The van der Waals surface area contributed by atoms with E-state index in [0.717, 1.165) is 135 Å². The Balaban J connectivity index is 4.26. The number of unbranched alkanes of at least 4 members (excludes halogenated alkanes) is 12. The van der Waals surface area contributed by atoms with Crippen molar-refractivity contribution in [1.29, 1.82) is 0 Å². The van der Waals surface area contributed by atoms with E-state index < -0.39 is 20.0 Å². The molecule has 9 heteroatoms. The lowest BCUT2D eigenvalue weighted by molar-refractivity contribution is -0.870. The lowest BCUT2D eigenvalue weighted by Crippen LogP contribution is -2.45. The fourth-order valence-corrected chi connectivity index (χ4v) is 8.32. The molecule has 0 spiro atoms. The minimum atomic E-state index is -4.38. The van der Waals surface area contributed by atoms with Crippen molar-refractivity contribution in [2.75, 3.05) is 40.9 Å². The molecule has 0 aromatic heterocycles. The van der Waals surface area contributed by atoms with Crippen LogP contribution in [0.4, 0.5) is 0 Å². The largest absolute Gasteiger partial charge is 0.472 e. The van der Waals surface area contributed by atoms with E-state index >= 15 is 0 Å². The van der Waals surface area contributed by atoms with Gasteiger partial charge in [0, 0.05) is 6.42 Å². The minimum Gasteiger partial charge on any atom is -0.387 e. The zero-order valence-corrected chi connectivity index (χ0v) is 51.4. The number of allylic oxidation sites excluding steroid dienone is 29. The van der Waals surface area contributed by atoms with Crippen LogP contribution in [0.2, 0.25) is 0 Å². The summed E-state index contributed by atoms with van der Waals surface area (Å²) >= 11 is 0. The zero-order valence-electron chi connectivity index (χ0n) is 50.5. The van der Waals surface area contributed by atoms with Crippen LogP contribution in [0.15, 0.2) is 182 Å². The van der Waals surface area contributed by atoms with Crippen LogP contribution in [0, 0.1) is 0 Å². The van der Waals surface area contributed by atoms with Crippen LogP contribution in [-0.2, 0) is 18.4 Å². The van der Waals surface area contributed by atoms with E-state index in [0.29, 0.717) is 17.4 Å². The van der Waals surface area contributed by atoms with E-state index in [4.69, 9.17) is 9.05 Å². The molecule has 0 radical (unpaired) electrons. The third-order valence-electron chi connectivity index (χ3n) is 12.3. The maximum absolute atomic E-state index is 13.0. The van der Waals surface area contributed by atoms with E-state index in [9.17, 15) is 19.4 Å². The van der Waals surface area contributed by atoms with Crippen LogP contribution in [0.1, 0.15) is 200 Å². The molecule has 444 valence electrons. The van der Waals surface area contributed by atoms with Crippen LogP contribution in [-0.4, -0.2) is 73.4 Å². The lowest BCUT2D eigenvalue weighted by atomic mass is 10.1.